The number of rotatable bonds is 4. The fourth-order valence-corrected chi connectivity index (χ4v) is 2.51. The number of hydrazine groups is 1. The molecule has 0 atom stereocenters. The fraction of sp³-hybridized carbons (Fsp3) is 0.105. The van der Waals surface area contributed by atoms with Gasteiger partial charge in [0.2, 0.25) is 0 Å². The summed E-state index contributed by atoms with van der Waals surface area (Å²) in [5.74, 6) is -2.14. The first-order chi connectivity index (χ1) is 12.9. The number of nitrogens with one attached hydrogen (secondary N) is 1. The van der Waals surface area contributed by atoms with Crippen LogP contribution in [0.25, 0.3) is 6.08 Å². The van der Waals surface area contributed by atoms with Gasteiger partial charge in [-0.15, -0.1) is 0 Å². The SMILES string of the molecule is CCOC(=O)c1ccc(N2NC(=O)/C(=C\c3ccc(O)cc3O)C2=O)cc1. The van der Waals surface area contributed by atoms with E-state index in [2.05, 4.69) is 5.43 Å². The molecule has 0 saturated carbocycles. The number of amides is 2. The summed E-state index contributed by atoms with van der Waals surface area (Å²) in [6, 6.07) is 9.80. The molecule has 1 heterocycles. The minimum Gasteiger partial charge on any atom is -0.508 e. The highest BCUT2D eigenvalue weighted by Gasteiger charge is 2.34. The zero-order chi connectivity index (χ0) is 19.6. The van der Waals surface area contributed by atoms with Crippen LogP contribution in [-0.2, 0) is 14.3 Å². The van der Waals surface area contributed by atoms with E-state index in [1.807, 2.05) is 0 Å². The summed E-state index contributed by atoms with van der Waals surface area (Å²) in [6.45, 7) is 1.95. The van der Waals surface area contributed by atoms with E-state index in [1.165, 1.54) is 42.5 Å². The van der Waals surface area contributed by atoms with Gasteiger partial charge < -0.3 is 14.9 Å². The van der Waals surface area contributed by atoms with Gasteiger partial charge in [-0.25, -0.2) is 9.80 Å². The molecule has 1 saturated heterocycles. The van der Waals surface area contributed by atoms with Gasteiger partial charge >= 0.3 is 5.97 Å². The second-order valence-corrected chi connectivity index (χ2v) is 5.65. The number of aromatic hydroxyl groups is 2. The highest BCUT2D eigenvalue weighted by atomic mass is 16.5. The Balaban J connectivity index is 1.85. The van der Waals surface area contributed by atoms with E-state index in [1.54, 1.807) is 6.92 Å². The Kier molecular flexibility index (Phi) is 4.80. The molecule has 1 aliphatic heterocycles. The molecule has 2 amide bonds. The van der Waals surface area contributed by atoms with Crippen molar-refractivity contribution in [2.45, 2.75) is 6.92 Å². The number of hydrogen-bond acceptors (Lipinski definition) is 6. The maximum atomic E-state index is 12.6. The number of hydrogen-bond donors (Lipinski definition) is 3. The highest BCUT2D eigenvalue weighted by molar-refractivity contribution is 6.31. The van der Waals surface area contributed by atoms with E-state index >= 15 is 0 Å². The summed E-state index contributed by atoms with van der Waals surface area (Å²) >= 11 is 0. The predicted molar refractivity (Wildman–Crippen MR) is 95.8 cm³/mol. The molecule has 138 valence electrons. The lowest BCUT2D eigenvalue weighted by Crippen LogP contribution is -2.35. The van der Waals surface area contributed by atoms with E-state index < -0.39 is 17.8 Å². The number of benzene rings is 2. The Morgan fingerprint density at radius 3 is 2.48 bits per heavy atom. The van der Waals surface area contributed by atoms with Crippen molar-refractivity contribution in [3.8, 4) is 11.5 Å². The number of phenols is 2. The molecule has 3 N–H and O–H groups in total. The van der Waals surface area contributed by atoms with Crippen molar-refractivity contribution in [1.29, 1.82) is 0 Å². The quantitative estimate of drug-likeness (QED) is 0.430. The average Bonchev–Trinajstić information content (AvgIpc) is 2.92. The molecular weight excluding hydrogens is 352 g/mol. The third-order valence-electron chi connectivity index (χ3n) is 3.84. The molecule has 8 heteroatoms. The van der Waals surface area contributed by atoms with E-state index in [9.17, 15) is 24.6 Å². The van der Waals surface area contributed by atoms with Crippen LogP contribution < -0.4 is 10.4 Å². The number of anilines is 1. The van der Waals surface area contributed by atoms with Crippen molar-refractivity contribution in [2.75, 3.05) is 11.6 Å². The Hall–Kier alpha value is -3.81. The van der Waals surface area contributed by atoms with Crippen molar-refractivity contribution in [3.05, 3.63) is 59.2 Å². The van der Waals surface area contributed by atoms with E-state index in [4.69, 9.17) is 4.74 Å². The molecule has 27 heavy (non-hydrogen) atoms. The maximum Gasteiger partial charge on any atom is 0.338 e. The summed E-state index contributed by atoms with van der Waals surface area (Å²) in [7, 11) is 0. The molecule has 0 spiro atoms. The van der Waals surface area contributed by atoms with Crippen LogP contribution in [0.3, 0.4) is 0 Å². The lowest BCUT2D eigenvalue weighted by Gasteiger charge is -2.14. The Labute approximate surface area is 154 Å². The van der Waals surface area contributed by atoms with Gasteiger partial charge in [0.25, 0.3) is 11.8 Å². The third-order valence-corrected chi connectivity index (χ3v) is 3.84. The second kappa shape index (κ2) is 7.20. The Morgan fingerprint density at radius 2 is 1.85 bits per heavy atom. The molecule has 2 aromatic carbocycles. The van der Waals surface area contributed by atoms with Crippen LogP contribution in [0.1, 0.15) is 22.8 Å². The van der Waals surface area contributed by atoms with Gasteiger partial charge in [-0.05, 0) is 49.4 Å². The number of phenolic OH excluding ortho intramolecular Hbond substituents is 2. The molecule has 1 aliphatic rings. The molecule has 2 aromatic rings. The van der Waals surface area contributed by atoms with Gasteiger partial charge in [0.15, 0.2) is 0 Å². The molecule has 0 radical (unpaired) electrons. The van der Waals surface area contributed by atoms with Crippen molar-refractivity contribution >= 4 is 29.5 Å². The molecule has 1 fully saturated rings. The zero-order valence-electron chi connectivity index (χ0n) is 14.3. The summed E-state index contributed by atoms with van der Waals surface area (Å²) in [4.78, 5) is 36.4. The largest absolute Gasteiger partial charge is 0.508 e. The van der Waals surface area contributed by atoms with Crippen LogP contribution in [0, 0.1) is 0 Å². The van der Waals surface area contributed by atoms with Gasteiger partial charge in [0.1, 0.15) is 17.1 Å². The molecule has 3 rings (SSSR count). The first kappa shape index (κ1) is 18.0. The average molecular weight is 368 g/mol. The standard InChI is InChI=1S/C19H16N2O6/c1-2-27-19(26)11-3-6-13(7-4-11)21-18(25)15(17(24)20-21)9-12-5-8-14(22)10-16(12)23/h3-10,22-23H,2H2,1H3,(H,20,24)/b15-9+. The second-order valence-electron chi connectivity index (χ2n) is 5.65. The van der Waals surface area contributed by atoms with Crippen LogP contribution in [-0.4, -0.2) is 34.6 Å². The number of nitrogens with zero attached hydrogens (tertiary/aromatic N) is 1. The first-order valence-corrected chi connectivity index (χ1v) is 8.07. The third kappa shape index (κ3) is 3.59. The monoisotopic (exact) mass is 368 g/mol. The van der Waals surface area contributed by atoms with Gasteiger partial charge in [-0.1, -0.05) is 0 Å². The zero-order valence-corrected chi connectivity index (χ0v) is 14.3. The maximum absolute atomic E-state index is 12.6. The smallest absolute Gasteiger partial charge is 0.338 e. The van der Waals surface area contributed by atoms with Gasteiger partial charge in [0.05, 0.1) is 17.9 Å². The van der Waals surface area contributed by atoms with E-state index in [0.29, 0.717) is 11.3 Å². The first-order valence-electron chi connectivity index (χ1n) is 8.07. The minimum absolute atomic E-state index is 0.139. The van der Waals surface area contributed by atoms with E-state index in [0.717, 1.165) is 11.1 Å². The molecule has 0 aromatic heterocycles. The lowest BCUT2D eigenvalue weighted by molar-refractivity contribution is -0.117. The van der Waals surface area contributed by atoms with Crippen molar-refractivity contribution < 1.29 is 29.3 Å². The van der Waals surface area contributed by atoms with Crippen molar-refractivity contribution in [2.24, 2.45) is 0 Å². The lowest BCUT2D eigenvalue weighted by atomic mass is 10.1. The van der Waals surface area contributed by atoms with Crippen LogP contribution >= 0.6 is 0 Å². The number of ether oxygens (including phenoxy) is 1. The van der Waals surface area contributed by atoms with E-state index in [-0.39, 0.29) is 29.2 Å². The summed E-state index contributed by atoms with van der Waals surface area (Å²) in [5.41, 5.74) is 3.15. The summed E-state index contributed by atoms with van der Waals surface area (Å²) in [5, 5.41) is 20.2. The van der Waals surface area contributed by atoms with Gasteiger partial charge in [-0.3, -0.25) is 15.0 Å². The number of esters is 1. The molecule has 8 nitrogen and oxygen atoms in total. The summed E-state index contributed by atoms with van der Waals surface area (Å²) < 4.78 is 4.89. The molecule has 0 aliphatic carbocycles. The van der Waals surface area contributed by atoms with Crippen LogP contribution in [0.5, 0.6) is 11.5 Å². The Bertz CT molecular complexity index is 949. The van der Waals surface area contributed by atoms with Crippen molar-refractivity contribution in [3.63, 3.8) is 0 Å². The normalized spacial score (nSPS) is 15.1. The van der Waals surface area contributed by atoms with Crippen LogP contribution in [0.4, 0.5) is 5.69 Å². The van der Waals surface area contributed by atoms with Gasteiger partial charge in [-0.2, -0.15) is 0 Å². The highest BCUT2D eigenvalue weighted by Crippen LogP contribution is 2.27. The van der Waals surface area contributed by atoms with Crippen molar-refractivity contribution in [1.82, 2.24) is 5.43 Å². The fourth-order valence-electron chi connectivity index (χ4n) is 2.51. The number of carbonyl (C=O) groups excluding carboxylic acids is 3. The predicted octanol–water partition coefficient (Wildman–Crippen LogP) is 1.74. The van der Waals surface area contributed by atoms with Crippen LogP contribution in [0.2, 0.25) is 0 Å². The minimum atomic E-state index is -0.637. The number of carbonyl (C=O) groups is 3. The molecular formula is C19H16N2O6. The van der Waals surface area contributed by atoms with Gasteiger partial charge in [0, 0.05) is 11.6 Å². The summed E-state index contributed by atoms with van der Waals surface area (Å²) in [6.07, 6.45) is 1.24. The topological polar surface area (TPSA) is 116 Å². The molecule has 0 bridgehead atoms. The Morgan fingerprint density at radius 1 is 1.15 bits per heavy atom. The van der Waals surface area contributed by atoms with Crippen LogP contribution in [0.15, 0.2) is 48.0 Å². The molecule has 0 unspecified atom stereocenters.